The van der Waals surface area contributed by atoms with Gasteiger partial charge in [-0.15, -0.1) is 5.10 Å². The van der Waals surface area contributed by atoms with Gasteiger partial charge in [-0.25, -0.2) is 4.68 Å². The third-order valence-electron chi connectivity index (χ3n) is 4.15. The average Bonchev–Trinajstić information content (AvgIpc) is 2.93. The molecule has 0 saturated heterocycles. The van der Waals surface area contributed by atoms with Gasteiger partial charge in [0, 0.05) is 12.6 Å². The number of nitrogens with zero attached hydrogens (tertiary/aromatic N) is 4. The number of rotatable bonds is 7. The lowest BCUT2D eigenvalue weighted by atomic mass is 9.86. The van der Waals surface area contributed by atoms with E-state index in [2.05, 4.69) is 16.4 Å². The smallest absolute Gasteiger partial charge is 0.217 e. The molecule has 1 aliphatic carbocycles. The van der Waals surface area contributed by atoms with Crippen molar-refractivity contribution < 1.29 is 4.79 Å². The molecule has 1 aromatic rings. The van der Waals surface area contributed by atoms with E-state index in [1.54, 1.807) is 4.68 Å². The van der Waals surface area contributed by atoms with Crippen molar-refractivity contribution in [3.05, 3.63) is 11.9 Å². The Morgan fingerprint density at radius 2 is 2.24 bits per heavy atom. The normalized spacial score (nSPS) is 17.3. The Morgan fingerprint density at radius 3 is 2.90 bits per heavy atom. The first-order chi connectivity index (χ1) is 10.2. The van der Waals surface area contributed by atoms with Crippen molar-refractivity contribution in [2.24, 2.45) is 11.7 Å². The zero-order chi connectivity index (χ0) is 15.1. The molecule has 0 radical (unpaired) electrons. The molecule has 0 unspecified atom stereocenters. The first-order valence-corrected chi connectivity index (χ1v) is 7.77. The molecule has 2 N–H and O–H groups in total. The van der Waals surface area contributed by atoms with Gasteiger partial charge in [0.1, 0.15) is 6.04 Å². The molecular weight excluding hydrogens is 266 g/mol. The summed E-state index contributed by atoms with van der Waals surface area (Å²) in [4.78, 5) is 10.7. The number of carbonyl (C=O) groups is 1. The summed E-state index contributed by atoms with van der Waals surface area (Å²) >= 11 is 0. The maximum absolute atomic E-state index is 10.7. The molecule has 21 heavy (non-hydrogen) atoms. The van der Waals surface area contributed by atoms with Crippen molar-refractivity contribution in [1.29, 1.82) is 5.26 Å². The van der Waals surface area contributed by atoms with Crippen LogP contribution in [-0.4, -0.2) is 20.9 Å². The zero-order valence-corrected chi connectivity index (χ0v) is 12.4. The molecule has 0 spiro atoms. The van der Waals surface area contributed by atoms with Gasteiger partial charge >= 0.3 is 0 Å². The van der Waals surface area contributed by atoms with E-state index < -0.39 is 0 Å². The molecule has 6 heteroatoms. The minimum absolute atomic E-state index is 0.307. The molecular formula is C15H23N5O. The monoisotopic (exact) mass is 289 g/mol. The van der Waals surface area contributed by atoms with E-state index in [1.807, 2.05) is 6.20 Å². The molecule has 1 saturated carbocycles. The van der Waals surface area contributed by atoms with Crippen LogP contribution in [0.2, 0.25) is 0 Å². The first kappa shape index (κ1) is 15.5. The predicted octanol–water partition coefficient (Wildman–Crippen LogP) is 2.12. The van der Waals surface area contributed by atoms with Crippen LogP contribution >= 0.6 is 0 Å². The van der Waals surface area contributed by atoms with Crippen LogP contribution in [0.15, 0.2) is 6.20 Å². The highest BCUT2D eigenvalue weighted by Crippen LogP contribution is 2.26. The van der Waals surface area contributed by atoms with Gasteiger partial charge in [0.15, 0.2) is 0 Å². The van der Waals surface area contributed by atoms with Gasteiger partial charge in [-0.1, -0.05) is 37.3 Å². The third kappa shape index (κ3) is 4.85. The van der Waals surface area contributed by atoms with Crippen LogP contribution < -0.4 is 5.73 Å². The summed E-state index contributed by atoms with van der Waals surface area (Å²) < 4.78 is 1.62. The molecule has 0 aromatic carbocycles. The number of hydrogen-bond acceptors (Lipinski definition) is 4. The molecule has 1 heterocycles. The van der Waals surface area contributed by atoms with E-state index in [9.17, 15) is 10.1 Å². The lowest BCUT2D eigenvalue weighted by Crippen LogP contribution is -2.12. The lowest BCUT2D eigenvalue weighted by Gasteiger charge is -2.20. The van der Waals surface area contributed by atoms with E-state index in [4.69, 9.17) is 5.73 Å². The standard InChI is InChI=1S/C15H23N5O/c16-10-14(7-4-8-15(17)21)20-11-13(18-19-20)9-12-5-2-1-3-6-12/h11-12,14H,1-9H2,(H2,17,21)/t14-/m0/s1. The molecule has 114 valence electrons. The van der Waals surface area contributed by atoms with Crippen LogP contribution in [-0.2, 0) is 11.2 Å². The second-order valence-electron chi connectivity index (χ2n) is 5.90. The van der Waals surface area contributed by atoms with Gasteiger partial charge in [0.25, 0.3) is 0 Å². The van der Waals surface area contributed by atoms with Crippen molar-refractivity contribution in [2.45, 2.75) is 63.8 Å². The summed E-state index contributed by atoms with van der Waals surface area (Å²) in [6, 6.07) is 1.85. The van der Waals surface area contributed by atoms with Gasteiger partial charge in [0.2, 0.25) is 5.91 Å². The molecule has 0 aliphatic heterocycles. The van der Waals surface area contributed by atoms with Crippen LogP contribution in [0.5, 0.6) is 0 Å². The molecule has 1 amide bonds. The second kappa shape index (κ2) is 7.77. The van der Waals surface area contributed by atoms with E-state index in [-0.39, 0.29) is 11.9 Å². The quantitative estimate of drug-likeness (QED) is 0.831. The number of nitrogens with two attached hydrogens (primary N) is 1. The SMILES string of the molecule is N#C[C@H](CCCC(N)=O)n1cc(CC2CCCCC2)nn1. The number of nitriles is 1. The Labute approximate surface area is 125 Å². The first-order valence-electron chi connectivity index (χ1n) is 7.77. The third-order valence-corrected chi connectivity index (χ3v) is 4.15. The van der Waals surface area contributed by atoms with Gasteiger partial charge in [-0.2, -0.15) is 5.26 Å². The van der Waals surface area contributed by atoms with Gasteiger partial charge in [0.05, 0.1) is 11.8 Å². The average molecular weight is 289 g/mol. The van der Waals surface area contributed by atoms with Crippen molar-refractivity contribution in [3.63, 3.8) is 0 Å². The second-order valence-corrected chi connectivity index (χ2v) is 5.90. The highest BCUT2D eigenvalue weighted by molar-refractivity contribution is 5.73. The van der Waals surface area contributed by atoms with Crippen molar-refractivity contribution in [1.82, 2.24) is 15.0 Å². The van der Waals surface area contributed by atoms with Crippen LogP contribution in [0.3, 0.4) is 0 Å². The molecule has 2 rings (SSSR count). The summed E-state index contributed by atoms with van der Waals surface area (Å²) in [6.45, 7) is 0. The van der Waals surface area contributed by atoms with Crippen molar-refractivity contribution in [3.8, 4) is 6.07 Å². The Bertz CT molecular complexity index is 498. The molecule has 0 bridgehead atoms. The summed E-state index contributed by atoms with van der Waals surface area (Å²) in [5.41, 5.74) is 6.08. The van der Waals surface area contributed by atoms with Crippen LogP contribution in [0, 0.1) is 17.2 Å². The fourth-order valence-corrected chi connectivity index (χ4v) is 2.97. The number of hydrogen-bond donors (Lipinski definition) is 1. The van der Waals surface area contributed by atoms with E-state index in [1.165, 1.54) is 32.1 Å². The van der Waals surface area contributed by atoms with Crippen molar-refractivity contribution >= 4 is 5.91 Å². The molecule has 1 aromatic heterocycles. The molecule has 1 fully saturated rings. The van der Waals surface area contributed by atoms with Crippen LogP contribution in [0.1, 0.15) is 63.1 Å². The van der Waals surface area contributed by atoms with E-state index in [0.717, 1.165) is 12.1 Å². The molecule has 6 nitrogen and oxygen atoms in total. The van der Waals surface area contributed by atoms with E-state index in [0.29, 0.717) is 25.2 Å². The molecule has 1 atom stereocenters. The maximum atomic E-state index is 10.7. The van der Waals surface area contributed by atoms with Crippen molar-refractivity contribution in [2.75, 3.05) is 0 Å². The predicted molar refractivity (Wildman–Crippen MR) is 78.0 cm³/mol. The fraction of sp³-hybridized carbons (Fsp3) is 0.733. The summed E-state index contributed by atoms with van der Waals surface area (Å²) in [7, 11) is 0. The summed E-state index contributed by atoms with van der Waals surface area (Å²) in [6.07, 6.45) is 10.8. The highest BCUT2D eigenvalue weighted by atomic mass is 16.1. The minimum atomic E-state index is -0.364. The van der Waals surface area contributed by atoms with Crippen LogP contribution in [0.25, 0.3) is 0 Å². The maximum Gasteiger partial charge on any atom is 0.217 e. The number of amides is 1. The summed E-state index contributed by atoms with van der Waals surface area (Å²) in [5.74, 6) is 0.377. The molecule has 1 aliphatic rings. The Balaban J connectivity index is 1.87. The Morgan fingerprint density at radius 1 is 1.48 bits per heavy atom. The Kier molecular flexibility index (Phi) is 5.73. The minimum Gasteiger partial charge on any atom is -0.370 e. The van der Waals surface area contributed by atoms with Gasteiger partial charge in [-0.3, -0.25) is 4.79 Å². The highest BCUT2D eigenvalue weighted by Gasteiger charge is 2.17. The zero-order valence-electron chi connectivity index (χ0n) is 12.4. The number of primary amides is 1. The van der Waals surface area contributed by atoms with Gasteiger partial charge < -0.3 is 5.73 Å². The number of aromatic nitrogens is 3. The lowest BCUT2D eigenvalue weighted by molar-refractivity contribution is -0.118. The summed E-state index contributed by atoms with van der Waals surface area (Å²) in [5, 5.41) is 17.5. The largest absolute Gasteiger partial charge is 0.370 e. The van der Waals surface area contributed by atoms with Crippen LogP contribution in [0.4, 0.5) is 0 Å². The fourth-order valence-electron chi connectivity index (χ4n) is 2.97. The topological polar surface area (TPSA) is 97.6 Å². The van der Waals surface area contributed by atoms with E-state index >= 15 is 0 Å². The van der Waals surface area contributed by atoms with Gasteiger partial charge in [-0.05, 0) is 25.2 Å². The Hall–Kier alpha value is -1.90. The number of carbonyl (C=O) groups excluding carboxylic acids is 1.